The number of benzene rings is 2. The minimum absolute atomic E-state index is 0.00631. The Labute approximate surface area is 195 Å². The van der Waals surface area contributed by atoms with E-state index in [0.29, 0.717) is 30.2 Å². The topological polar surface area (TPSA) is 49.4 Å². The maximum Gasteiger partial charge on any atom is 0.243 e. The molecule has 2 atom stereocenters. The van der Waals surface area contributed by atoms with Crippen LogP contribution in [0.5, 0.6) is 0 Å². The average molecular weight is 461 g/mol. The third-order valence-corrected chi connectivity index (χ3v) is 6.52. The first-order chi connectivity index (χ1) is 14.8. The van der Waals surface area contributed by atoms with Gasteiger partial charge in [-0.15, -0.1) is 11.8 Å². The highest BCUT2D eigenvalue weighted by Crippen LogP contribution is 2.22. The Morgan fingerprint density at radius 3 is 2.26 bits per heavy atom. The number of carbonyl (C=O) groups excluding carboxylic acids is 2. The van der Waals surface area contributed by atoms with E-state index in [2.05, 4.69) is 5.32 Å². The van der Waals surface area contributed by atoms with Crippen molar-refractivity contribution < 1.29 is 9.59 Å². The SMILES string of the molecule is CC[C@@H](C)NC(=O)[C@@H](CC)N(Cc1ccc(C)cc1)C(=O)CCSc1ccc(Cl)cc1. The van der Waals surface area contributed by atoms with Crippen LogP contribution in [0, 0.1) is 6.92 Å². The van der Waals surface area contributed by atoms with Gasteiger partial charge in [-0.3, -0.25) is 9.59 Å². The van der Waals surface area contributed by atoms with Crippen molar-refractivity contribution in [2.45, 2.75) is 70.5 Å². The van der Waals surface area contributed by atoms with Gasteiger partial charge in [0.25, 0.3) is 0 Å². The molecule has 2 aromatic rings. The van der Waals surface area contributed by atoms with Crippen molar-refractivity contribution in [2.24, 2.45) is 0 Å². The van der Waals surface area contributed by atoms with Crippen molar-refractivity contribution in [1.82, 2.24) is 10.2 Å². The molecule has 31 heavy (non-hydrogen) atoms. The van der Waals surface area contributed by atoms with Gasteiger partial charge in [0, 0.05) is 34.7 Å². The van der Waals surface area contributed by atoms with E-state index in [-0.39, 0.29) is 17.9 Å². The second-order valence-corrected chi connectivity index (χ2v) is 9.41. The molecule has 168 valence electrons. The second kappa shape index (κ2) is 12.8. The molecule has 0 heterocycles. The molecule has 0 aliphatic heterocycles. The molecule has 1 N–H and O–H groups in total. The smallest absolute Gasteiger partial charge is 0.243 e. The number of nitrogens with one attached hydrogen (secondary N) is 1. The Bertz CT molecular complexity index is 840. The number of nitrogens with zero attached hydrogens (tertiary/aromatic N) is 1. The summed E-state index contributed by atoms with van der Waals surface area (Å²) in [5.41, 5.74) is 2.20. The van der Waals surface area contributed by atoms with Crippen LogP contribution in [0.1, 0.15) is 51.2 Å². The predicted octanol–water partition coefficient (Wildman–Crippen LogP) is 5.85. The molecule has 4 nitrogen and oxygen atoms in total. The summed E-state index contributed by atoms with van der Waals surface area (Å²) < 4.78 is 0. The average Bonchev–Trinajstić information content (AvgIpc) is 2.76. The Balaban J connectivity index is 2.12. The number of amides is 2. The Kier molecular flexibility index (Phi) is 10.4. The molecule has 0 saturated carbocycles. The van der Waals surface area contributed by atoms with Crippen molar-refractivity contribution in [3.05, 3.63) is 64.7 Å². The van der Waals surface area contributed by atoms with Crippen LogP contribution in [-0.4, -0.2) is 34.6 Å². The Morgan fingerprint density at radius 2 is 1.68 bits per heavy atom. The van der Waals surface area contributed by atoms with Gasteiger partial charge in [0.1, 0.15) is 6.04 Å². The van der Waals surface area contributed by atoms with E-state index in [1.54, 1.807) is 16.7 Å². The molecular weight excluding hydrogens is 428 g/mol. The molecule has 6 heteroatoms. The Morgan fingerprint density at radius 1 is 1.03 bits per heavy atom. The summed E-state index contributed by atoms with van der Waals surface area (Å²) in [6.45, 7) is 8.44. The fraction of sp³-hybridized carbons (Fsp3) is 0.440. The number of hydrogen-bond donors (Lipinski definition) is 1. The van der Waals surface area contributed by atoms with Crippen LogP contribution >= 0.6 is 23.4 Å². The fourth-order valence-electron chi connectivity index (χ4n) is 3.18. The van der Waals surface area contributed by atoms with Gasteiger partial charge in [0.15, 0.2) is 0 Å². The molecule has 2 rings (SSSR count). The van der Waals surface area contributed by atoms with Crippen LogP contribution in [0.3, 0.4) is 0 Å². The van der Waals surface area contributed by atoms with E-state index in [4.69, 9.17) is 11.6 Å². The lowest BCUT2D eigenvalue weighted by Crippen LogP contribution is -2.50. The fourth-order valence-corrected chi connectivity index (χ4v) is 4.15. The zero-order chi connectivity index (χ0) is 22.8. The summed E-state index contributed by atoms with van der Waals surface area (Å²) in [7, 11) is 0. The van der Waals surface area contributed by atoms with Crippen LogP contribution in [0.4, 0.5) is 0 Å². The van der Waals surface area contributed by atoms with Crippen LogP contribution in [-0.2, 0) is 16.1 Å². The van der Waals surface area contributed by atoms with E-state index in [1.165, 1.54) is 5.56 Å². The molecule has 0 unspecified atom stereocenters. The number of aryl methyl sites for hydroxylation is 1. The third kappa shape index (κ3) is 8.23. The molecule has 0 saturated heterocycles. The van der Waals surface area contributed by atoms with Crippen molar-refractivity contribution in [2.75, 3.05) is 5.75 Å². The van der Waals surface area contributed by atoms with Gasteiger partial charge in [0.05, 0.1) is 0 Å². The molecule has 0 aliphatic carbocycles. The van der Waals surface area contributed by atoms with Crippen molar-refractivity contribution in [3.8, 4) is 0 Å². The Hall–Kier alpha value is -1.98. The molecule has 2 amide bonds. The zero-order valence-corrected chi connectivity index (χ0v) is 20.4. The summed E-state index contributed by atoms with van der Waals surface area (Å²) in [5.74, 6) is 0.560. The molecule has 0 aromatic heterocycles. The van der Waals surface area contributed by atoms with Gasteiger partial charge >= 0.3 is 0 Å². The first-order valence-corrected chi connectivity index (χ1v) is 12.2. The number of hydrogen-bond acceptors (Lipinski definition) is 3. The highest BCUT2D eigenvalue weighted by atomic mass is 35.5. The van der Waals surface area contributed by atoms with E-state index in [9.17, 15) is 9.59 Å². The summed E-state index contributed by atoms with van der Waals surface area (Å²) in [5, 5.41) is 3.74. The predicted molar refractivity (Wildman–Crippen MR) is 130 cm³/mol. The summed E-state index contributed by atoms with van der Waals surface area (Å²) in [6, 6.07) is 15.3. The largest absolute Gasteiger partial charge is 0.352 e. The van der Waals surface area contributed by atoms with Crippen molar-refractivity contribution in [1.29, 1.82) is 0 Å². The first kappa shape index (κ1) is 25.3. The quantitative estimate of drug-likeness (QED) is 0.427. The molecule has 2 aromatic carbocycles. The first-order valence-electron chi connectivity index (χ1n) is 10.9. The minimum atomic E-state index is -0.483. The normalized spacial score (nSPS) is 12.8. The highest BCUT2D eigenvalue weighted by Gasteiger charge is 2.28. The lowest BCUT2D eigenvalue weighted by molar-refractivity contribution is -0.141. The maximum atomic E-state index is 13.2. The third-order valence-electron chi connectivity index (χ3n) is 5.26. The number of carbonyl (C=O) groups is 2. The van der Waals surface area contributed by atoms with Crippen LogP contribution in [0.2, 0.25) is 5.02 Å². The lowest BCUT2D eigenvalue weighted by Gasteiger charge is -2.31. The lowest BCUT2D eigenvalue weighted by atomic mass is 10.1. The molecule has 0 bridgehead atoms. The number of thioether (sulfide) groups is 1. The molecule has 0 radical (unpaired) electrons. The highest BCUT2D eigenvalue weighted by molar-refractivity contribution is 7.99. The molecule has 0 aliphatic rings. The molecule has 0 fully saturated rings. The van der Waals surface area contributed by atoms with E-state index < -0.39 is 6.04 Å². The van der Waals surface area contributed by atoms with Gasteiger partial charge in [0.2, 0.25) is 11.8 Å². The monoisotopic (exact) mass is 460 g/mol. The van der Waals surface area contributed by atoms with Gasteiger partial charge in [-0.1, -0.05) is 55.3 Å². The van der Waals surface area contributed by atoms with Crippen LogP contribution in [0.15, 0.2) is 53.4 Å². The van der Waals surface area contributed by atoms with Crippen LogP contribution < -0.4 is 5.32 Å². The van der Waals surface area contributed by atoms with Crippen molar-refractivity contribution >= 4 is 35.2 Å². The zero-order valence-electron chi connectivity index (χ0n) is 18.9. The van der Waals surface area contributed by atoms with Gasteiger partial charge in [-0.25, -0.2) is 0 Å². The molecule has 0 spiro atoms. The van der Waals surface area contributed by atoms with Gasteiger partial charge in [-0.2, -0.15) is 0 Å². The van der Waals surface area contributed by atoms with E-state index in [1.807, 2.05) is 76.2 Å². The number of rotatable bonds is 11. The molecular formula is C25H33ClN2O2S. The number of halogens is 1. The summed E-state index contributed by atoms with van der Waals surface area (Å²) >= 11 is 7.56. The minimum Gasteiger partial charge on any atom is -0.352 e. The standard InChI is InChI=1S/C25H33ClN2O2S/c1-5-19(4)27-25(30)23(6-2)28(17-20-9-7-18(3)8-10-20)24(29)15-16-31-22-13-11-21(26)12-14-22/h7-14,19,23H,5-6,15-17H2,1-4H3,(H,27,30)/t19-,23-/m1/s1. The second-order valence-electron chi connectivity index (χ2n) is 7.80. The van der Waals surface area contributed by atoms with E-state index in [0.717, 1.165) is 16.9 Å². The van der Waals surface area contributed by atoms with Gasteiger partial charge in [-0.05, 0) is 56.5 Å². The summed E-state index contributed by atoms with van der Waals surface area (Å²) in [6.07, 6.45) is 1.79. The van der Waals surface area contributed by atoms with E-state index >= 15 is 0 Å². The van der Waals surface area contributed by atoms with Gasteiger partial charge < -0.3 is 10.2 Å². The summed E-state index contributed by atoms with van der Waals surface area (Å²) in [4.78, 5) is 29.0. The van der Waals surface area contributed by atoms with Crippen molar-refractivity contribution in [3.63, 3.8) is 0 Å². The van der Waals surface area contributed by atoms with Crippen LogP contribution in [0.25, 0.3) is 0 Å². The maximum absolute atomic E-state index is 13.2.